The van der Waals surface area contributed by atoms with Crippen LogP contribution in [0.3, 0.4) is 0 Å². The number of benzene rings is 2. The fourth-order valence-electron chi connectivity index (χ4n) is 5.11. The molecule has 0 aromatic heterocycles. The number of likely N-dealkylation sites (tertiary alicyclic amines) is 1. The molecular formula is C30H40N2O6. The first-order valence-electron chi connectivity index (χ1n) is 13.8. The molecule has 2 fully saturated rings. The van der Waals surface area contributed by atoms with E-state index >= 15 is 0 Å². The molecule has 1 amide bonds. The van der Waals surface area contributed by atoms with Gasteiger partial charge in [0.25, 0.3) is 0 Å². The number of aliphatic hydroxyl groups excluding tert-OH is 1. The number of carboxylic acid groups (broad SMARTS) is 1. The van der Waals surface area contributed by atoms with Gasteiger partial charge in [-0.3, -0.25) is 9.59 Å². The summed E-state index contributed by atoms with van der Waals surface area (Å²) in [6.07, 6.45) is 5.50. The summed E-state index contributed by atoms with van der Waals surface area (Å²) in [6, 6.07) is 15.9. The molecule has 2 aromatic rings. The summed E-state index contributed by atoms with van der Waals surface area (Å²) < 4.78 is 12.9. The summed E-state index contributed by atoms with van der Waals surface area (Å²) >= 11 is 0. The van der Waals surface area contributed by atoms with Crippen molar-refractivity contribution >= 4 is 11.9 Å². The lowest BCUT2D eigenvalue weighted by Gasteiger charge is -2.39. The zero-order valence-corrected chi connectivity index (χ0v) is 22.0. The van der Waals surface area contributed by atoms with Crippen LogP contribution < -0.4 is 5.32 Å². The fraction of sp³-hybridized carbons (Fsp3) is 0.533. The van der Waals surface area contributed by atoms with E-state index in [0.29, 0.717) is 25.8 Å². The Morgan fingerprint density at radius 3 is 2.21 bits per heavy atom. The van der Waals surface area contributed by atoms with Crippen molar-refractivity contribution in [3.05, 3.63) is 70.8 Å². The predicted octanol–water partition coefficient (Wildman–Crippen LogP) is 4.47. The van der Waals surface area contributed by atoms with Crippen molar-refractivity contribution in [2.75, 3.05) is 19.6 Å². The van der Waals surface area contributed by atoms with Gasteiger partial charge in [-0.15, -0.1) is 0 Å². The van der Waals surface area contributed by atoms with Gasteiger partial charge in [0.1, 0.15) is 0 Å². The molecule has 2 aliphatic heterocycles. The summed E-state index contributed by atoms with van der Waals surface area (Å²) in [6.45, 7) is 3.55. The Morgan fingerprint density at radius 1 is 0.868 bits per heavy atom. The van der Waals surface area contributed by atoms with E-state index in [1.807, 2.05) is 48.5 Å². The minimum absolute atomic E-state index is 0.0205. The molecule has 0 radical (unpaired) electrons. The Balaban J connectivity index is 1.36. The fourth-order valence-corrected chi connectivity index (χ4v) is 5.11. The van der Waals surface area contributed by atoms with Crippen molar-refractivity contribution in [1.82, 2.24) is 10.2 Å². The van der Waals surface area contributed by atoms with Crippen LogP contribution in [-0.4, -0.2) is 52.7 Å². The second-order valence-corrected chi connectivity index (χ2v) is 10.3. The lowest BCUT2D eigenvalue weighted by Crippen LogP contribution is -2.41. The number of piperidine rings is 1. The highest BCUT2D eigenvalue weighted by Gasteiger charge is 2.33. The Bertz CT molecular complexity index is 1020. The number of carbonyl (C=O) groups is 2. The smallest absolute Gasteiger partial charge is 0.303 e. The van der Waals surface area contributed by atoms with Crippen LogP contribution in [0.4, 0.5) is 0 Å². The number of ether oxygens (including phenoxy) is 2. The highest BCUT2D eigenvalue weighted by atomic mass is 16.7. The van der Waals surface area contributed by atoms with Gasteiger partial charge in [-0.1, -0.05) is 55.0 Å². The van der Waals surface area contributed by atoms with E-state index in [0.717, 1.165) is 48.3 Å². The van der Waals surface area contributed by atoms with E-state index in [4.69, 9.17) is 14.6 Å². The van der Waals surface area contributed by atoms with Crippen LogP contribution in [0.1, 0.15) is 86.0 Å². The normalized spacial score (nSPS) is 22.2. The molecular weight excluding hydrogens is 484 g/mol. The Hall–Kier alpha value is -2.78. The quantitative estimate of drug-likeness (QED) is 0.352. The van der Waals surface area contributed by atoms with Crippen LogP contribution in [0.25, 0.3) is 0 Å². The maximum absolute atomic E-state index is 12.1. The summed E-state index contributed by atoms with van der Waals surface area (Å²) in [5.41, 5.74) is 3.88. The van der Waals surface area contributed by atoms with Gasteiger partial charge >= 0.3 is 5.97 Å². The molecule has 3 atom stereocenters. The molecule has 0 aliphatic carbocycles. The SMILES string of the molecule is O=C(O)CCCCC(=O)NCc1ccc([C@H]2O[C@@H](CN3CCCCC3)C[C@@H](c3ccc(CO)cc3)O2)cc1. The monoisotopic (exact) mass is 524 g/mol. The average molecular weight is 525 g/mol. The van der Waals surface area contributed by atoms with E-state index in [2.05, 4.69) is 10.2 Å². The molecule has 3 N–H and O–H groups in total. The third-order valence-corrected chi connectivity index (χ3v) is 7.31. The number of nitrogens with zero attached hydrogens (tertiary/aromatic N) is 1. The summed E-state index contributed by atoms with van der Waals surface area (Å²) in [4.78, 5) is 25.2. The van der Waals surface area contributed by atoms with Crippen LogP contribution in [-0.2, 0) is 32.2 Å². The number of carbonyl (C=O) groups excluding carboxylic acids is 1. The van der Waals surface area contributed by atoms with Crippen LogP contribution in [0, 0.1) is 0 Å². The first kappa shape index (κ1) is 28.2. The van der Waals surface area contributed by atoms with Crippen molar-refractivity contribution in [2.24, 2.45) is 0 Å². The Morgan fingerprint density at radius 2 is 1.53 bits per heavy atom. The summed E-state index contributed by atoms with van der Waals surface area (Å²) in [5, 5.41) is 21.0. The third kappa shape index (κ3) is 8.63. The third-order valence-electron chi connectivity index (χ3n) is 7.31. The van der Waals surface area contributed by atoms with Gasteiger partial charge in [-0.25, -0.2) is 0 Å². The number of amides is 1. The van der Waals surface area contributed by atoms with Gasteiger partial charge in [0.05, 0.1) is 18.8 Å². The van der Waals surface area contributed by atoms with Gasteiger partial charge in [0.2, 0.25) is 5.91 Å². The average Bonchev–Trinajstić information content (AvgIpc) is 2.95. The minimum atomic E-state index is -0.833. The number of hydrogen-bond donors (Lipinski definition) is 3. The molecule has 8 heteroatoms. The van der Waals surface area contributed by atoms with E-state index in [-0.39, 0.29) is 31.1 Å². The molecule has 0 saturated carbocycles. The number of rotatable bonds is 12. The van der Waals surface area contributed by atoms with E-state index in [1.165, 1.54) is 19.3 Å². The van der Waals surface area contributed by atoms with Crippen molar-refractivity contribution < 1.29 is 29.3 Å². The Labute approximate surface area is 224 Å². The molecule has 4 rings (SSSR count). The van der Waals surface area contributed by atoms with E-state index < -0.39 is 12.3 Å². The largest absolute Gasteiger partial charge is 0.481 e. The number of nitrogens with one attached hydrogen (secondary N) is 1. The van der Waals surface area contributed by atoms with Crippen LogP contribution in [0.15, 0.2) is 48.5 Å². The molecule has 2 heterocycles. The molecule has 2 aromatic carbocycles. The number of hydrogen-bond acceptors (Lipinski definition) is 6. The van der Waals surface area contributed by atoms with Crippen LogP contribution in [0.2, 0.25) is 0 Å². The van der Waals surface area contributed by atoms with Gasteiger partial charge in [0, 0.05) is 37.9 Å². The molecule has 0 spiro atoms. The minimum Gasteiger partial charge on any atom is -0.481 e. The zero-order chi connectivity index (χ0) is 26.7. The zero-order valence-electron chi connectivity index (χ0n) is 22.0. The Kier molecular flexibility index (Phi) is 10.7. The molecule has 38 heavy (non-hydrogen) atoms. The molecule has 206 valence electrons. The highest BCUT2D eigenvalue weighted by molar-refractivity contribution is 5.75. The lowest BCUT2D eigenvalue weighted by atomic mass is 9.99. The number of unbranched alkanes of at least 4 members (excludes halogenated alkanes) is 1. The van der Waals surface area contributed by atoms with Crippen LogP contribution >= 0.6 is 0 Å². The van der Waals surface area contributed by atoms with Gasteiger partial charge < -0.3 is 29.9 Å². The predicted molar refractivity (Wildman–Crippen MR) is 143 cm³/mol. The van der Waals surface area contributed by atoms with Crippen LogP contribution in [0.5, 0.6) is 0 Å². The first-order valence-corrected chi connectivity index (χ1v) is 13.8. The van der Waals surface area contributed by atoms with Crippen molar-refractivity contribution in [1.29, 1.82) is 0 Å². The van der Waals surface area contributed by atoms with Crippen molar-refractivity contribution in [3.8, 4) is 0 Å². The molecule has 0 unspecified atom stereocenters. The van der Waals surface area contributed by atoms with Gasteiger partial charge in [-0.05, 0) is 55.5 Å². The molecule has 0 bridgehead atoms. The summed E-state index contributed by atoms with van der Waals surface area (Å²) in [5.74, 6) is -0.908. The lowest BCUT2D eigenvalue weighted by molar-refractivity contribution is -0.253. The summed E-state index contributed by atoms with van der Waals surface area (Å²) in [7, 11) is 0. The van der Waals surface area contributed by atoms with Gasteiger partial charge in [-0.2, -0.15) is 0 Å². The highest BCUT2D eigenvalue weighted by Crippen LogP contribution is 2.38. The topological polar surface area (TPSA) is 108 Å². The molecule has 8 nitrogen and oxygen atoms in total. The van der Waals surface area contributed by atoms with Crippen molar-refractivity contribution in [2.45, 2.75) is 83.0 Å². The van der Waals surface area contributed by atoms with E-state index in [1.54, 1.807) is 0 Å². The standard InChI is InChI=1S/C30H40N2O6/c33-21-23-10-12-24(13-11-23)27-18-26(20-32-16-4-1-5-17-32)37-30(38-27)25-14-8-22(9-15-25)19-31-28(34)6-2-3-7-29(35)36/h8-15,26-27,30,33H,1-7,16-21H2,(H,31,34)(H,35,36)/t26-,27+,30+/m1/s1. The van der Waals surface area contributed by atoms with E-state index in [9.17, 15) is 14.7 Å². The second-order valence-electron chi connectivity index (χ2n) is 10.3. The number of carboxylic acids is 1. The van der Waals surface area contributed by atoms with Gasteiger partial charge in [0.15, 0.2) is 6.29 Å². The van der Waals surface area contributed by atoms with Crippen molar-refractivity contribution in [3.63, 3.8) is 0 Å². The second kappa shape index (κ2) is 14.4. The maximum atomic E-state index is 12.1. The molecule has 2 aliphatic rings. The number of aliphatic carboxylic acids is 1. The maximum Gasteiger partial charge on any atom is 0.303 e. The molecule has 2 saturated heterocycles. The number of aliphatic hydroxyl groups is 1. The first-order chi connectivity index (χ1) is 18.5.